The van der Waals surface area contributed by atoms with Crippen LogP contribution in [0.1, 0.15) is 69.8 Å². The highest BCUT2D eigenvalue weighted by Crippen LogP contribution is 2.37. The smallest absolute Gasteiger partial charge is 0.123 e. The Morgan fingerprint density at radius 2 is 1.46 bits per heavy atom. The van der Waals surface area contributed by atoms with Crippen molar-refractivity contribution >= 4 is 17.6 Å². The molecule has 26 heavy (non-hydrogen) atoms. The molecule has 2 heterocycles. The molecule has 3 heteroatoms. The normalized spacial score (nSPS) is 29.6. The Morgan fingerprint density at radius 1 is 0.846 bits per heavy atom. The van der Waals surface area contributed by atoms with Crippen molar-refractivity contribution in [2.45, 2.75) is 100 Å². The number of rotatable bonds is 8. The zero-order valence-corrected chi connectivity index (χ0v) is 19.2. The first-order valence-electron chi connectivity index (χ1n) is 11.5. The van der Waals surface area contributed by atoms with Crippen LogP contribution < -0.4 is 0 Å². The molecule has 0 aromatic heterocycles. The molecule has 0 bridgehead atoms. The topological polar surface area (TPSA) is 0 Å². The van der Waals surface area contributed by atoms with E-state index in [4.69, 9.17) is 0 Å². The molecule has 0 atom stereocenters. The molecule has 2 aliphatic heterocycles. The highest BCUT2D eigenvalue weighted by molar-refractivity contribution is 6.59. The lowest BCUT2D eigenvalue weighted by Gasteiger charge is -2.31. The summed E-state index contributed by atoms with van der Waals surface area (Å²) in [6.45, 7) is 2.33. The number of halogens is 1. The van der Waals surface area contributed by atoms with E-state index in [9.17, 15) is 4.39 Å². The minimum absolute atomic E-state index is 0.0973. The fourth-order valence-electron chi connectivity index (χ4n) is 5.48. The maximum absolute atomic E-state index is 13.1. The summed E-state index contributed by atoms with van der Waals surface area (Å²) < 4.78 is 13.1. The van der Waals surface area contributed by atoms with Crippen LogP contribution in [-0.4, -0.2) is 17.6 Å². The Balaban J connectivity index is 1.30. The van der Waals surface area contributed by atoms with Crippen LogP contribution >= 0.6 is 0 Å². The van der Waals surface area contributed by atoms with E-state index in [0.717, 1.165) is 5.92 Å². The monoisotopic (exact) mass is 390 g/mol. The second-order valence-electron chi connectivity index (χ2n) is 9.23. The van der Waals surface area contributed by atoms with E-state index < -0.39 is 8.80 Å². The van der Waals surface area contributed by atoms with Gasteiger partial charge in [-0.1, -0.05) is 93.8 Å². The Labute approximate surface area is 164 Å². The van der Waals surface area contributed by atoms with Crippen molar-refractivity contribution in [3.8, 4) is 0 Å². The predicted molar refractivity (Wildman–Crippen MR) is 118 cm³/mol. The number of unbranched alkanes of at least 4 members (excludes halogenated alkanes) is 2. The van der Waals surface area contributed by atoms with Crippen LogP contribution in [0.5, 0.6) is 0 Å². The number of hydrogen-bond donors (Lipinski definition) is 0. The minimum atomic E-state index is -0.470. The SMILES string of the molecule is CCCCC[Si@H]1CC[C@H](CC[Si@H]2CC[C@H](c3ccc(F)cc3)CC2)CC1. The van der Waals surface area contributed by atoms with Gasteiger partial charge in [0.2, 0.25) is 0 Å². The molecule has 0 N–H and O–H groups in total. The Hall–Kier alpha value is -0.416. The van der Waals surface area contributed by atoms with Gasteiger partial charge in [0.05, 0.1) is 0 Å². The molecular formula is C23H39FSi2. The third kappa shape index (κ3) is 6.33. The lowest BCUT2D eigenvalue weighted by molar-refractivity contribution is 0.452. The van der Waals surface area contributed by atoms with Crippen molar-refractivity contribution in [1.82, 2.24) is 0 Å². The van der Waals surface area contributed by atoms with Gasteiger partial charge >= 0.3 is 0 Å². The number of hydrogen-bond acceptors (Lipinski definition) is 0. The van der Waals surface area contributed by atoms with Crippen molar-refractivity contribution in [1.29, 1.82) is 0 Å². The molecule has 1 aromatic rings. The summed E-state index contributed by atoms with van der Waals surface area (Å²) in [5.74, 6) is 1.70. The van der Waals surface area contributed by atoms with Gasteiger partial charge in [-0.05, 0) is 42.4 Å². The van der Waals surface area contributed by atoms with E-state index in [1.54, 1.807) is 55.6 Å². The van der Waals surface area contributed by atoms with E-state index in [2.05, 4.69) is 6.92 Å². The van der Waals surface area contributed by atoms with Crippen molar-refractivity contribution in [2.75, 3.05) is 0 Å². The highest BCUT2D eigenvalue weighted by atomic mass is 28.3. The molecule has 0 aliphatic carbocycles. The quantitative estimate of drug-likeness (QED) is 0.326. The average molecular weight is 391 g/mol. The lowest BCUT2D eigenvalue weighted by atomic mass is 9.93. The third-order valence-electron chi connectivity index (χ3n) is 7.35. The van der Waals surface area contributed by atoms with Gasteiger partial charge in [0, 0.05) is 17.6 Å². The summed E-state index contributed by atoms with van der Waals surface area (Å²) in [6, 6.07) is 17.0. The van der Waals surface area contributed by atoms with E-state index in [1.807, 2.05) is 12.1 Å². The standard InChI is InChI=1S/C23H39FSi2/c1-2-3-4-14-25-15-9-20(10-16-25)11-17-26-18-12-22(13-19-26)21-5-7-23(24)8-6-21/h5-8,20,22,25-26H,2-4,9-19H2,1H3/t20-,22-,25-,26-. The van der Waals surface area contributed by atoms with Crippen molar-refractivity contribution in [3.05, 3.63) is 35.6 Å². The van der Waals surface area contributed by atoms with Crippen LogP contribution in [0.15, 0.2) is 24.3 Å². The Bertz CT molecular complexity index is 499. The molecule has 0 amide bonds. The van der Waals surface area contributed by atoms with Crippen molar-refractivity contribution < 1.29 is 4.39 Å². The van der Waals surface area contributed by atoms with E-state index >= 15 is 0 Å². The molecule has 3 rings (SSSR count). The van der Waals surface area contributed by atoms with Gasteiger partial charge in [0.15, 0.2) is 0 Å². The summed E-state index contributed by atoms with van der Waals surface area (Å²) in [6.07, 6.45) is 11.9. The summed E-state index contributed by atoms with van der Waals surface area (Å²) in [5.41, 5.74) is 1.38. The first-order valence-corrected chi connectivity index (χ1v) is 16.4. The fraction of sp³-hybridized carbons (Fsp3) is 0.739. The zero-order valence-electron chi connectivity index (χ0n) is 16.9. The molecule has 0 radical (unpaired) electrons. The van der Waals surface area contributed by atoms with Gasteiger partial charge in [0.25, 0.3) is 0 Å². The highest BCUT2D eigenvalue weighted by Gasteiger charge is 2.26. The molecule has 2 aliphatic rings. The molecule has 0 unspecified atom stereocenters. The molecule has 0 saturated carbocycles. The predicted octanol–water partition coefficient (Wildman–Crippen LogP) is 7.15. The molecule has 2 saturated heterocycles. The number of benzene rings is 1. The second kappa shape index (κ2) is 10.8. The zero-order chi connectivity index (χ0) is 18.2. The average Bonchev–Trinajstić information content (AvgIpc) is 2.69. The lowest BCUT2D eigenvalue weighted by Crippen LogP contribution is -2.24. The van der Waals surface area contributed by atoms with Gasteiger partial charge in [-0.2, -0.15) is 0 Å². The Kier molecular flexibility index (Phi) is 8.44. The summed E-state index contributed by atoms with van der Waals surface area (Å²) in [5, 5.41) is 0. The Morgan fingerprint density at radius 3 is 2.12 bits per heavy atom. The fourth-order valence-corrected chi connectivity index (χ4v) is 12.7. The summed E-state index contributed by atoms with van der Waals surface area (Å²) >= 11 is 0. The first kappa shape index (κ1) is 20.3. The van der Waals surface area contributed by atoms with Gasteiger partial charge in [-0.25, -0.2) is 4.39 Å². The molecular weight excluding hydrogens is 351 g/mol. The molecule has 1 aromatic carbocycles. The van der Waals surface area contributed by atoms with Crippen LogP contribution in [-0.2, 0) is 0 Å². The van der Waals surface area contributed by atoms with Crippen LogP contribution in [0.25, 0.3) is 0 Å². The van der Waals surface area contributed by atoms with Crippen molar-refractivity contribution in [2.24, 2.45) is 5.92 Å². The third-order valence-corrected chi connectivity index (χ3v) is 14.3. The molecule has 146 valence electrons. The molecule has 0 nitrogen and oxygen atoms in total. The summed E-state index contributed by atoms with van der Waals surface area (Å²) in [4.78, 5) is 0. The second-order valence-corrected chi connectivity index (χ2v) is 16.2. The van der Waals surface area contributed by atoms with E-state index in [0.29, 0.717) is 5.92 Å². The molecule has 0 spiro atoms. The van der Waals surface area contributed by atoms with E-state index in [1.165, 1.54) is 49.8 Å². The van der Waals surface area contributed by atoms with Gasteiger partial charge in [-0.3, -0.25) is 0 Å². The summed E-state index contributed by atoms with van der Waals surface area (Å²) in [7, 11) is -0.788. The maximum atomic E-state index is 13.1. The van der Waals surface area contributed by atoms with Gasteiger partial charge in [0.1, 0.15) is 5.82 Å². The largest absolute Gasteiger partial charge is 0.207 e. The first-order chi connectivity index (χ1) is 12.7. The van der Waals surface area contributed by atoms with Crippen LogP contribution in [0.3, 0.4) is 0 Å². The van der Waals surface area contributed by atoms with E-state index in [-0.39, 0.29) is 14.6 Å². The maximum Gasteiger partial charge on any atom is 0.123 e. The van der Waals surface area contributed by atoms with Crippen molar-refractivity contribution in [3.63, 3.8) is 0 Å². The minimum Gasteiger partial charge on any atom is -0.207 e. The van der Waals surface area contributed by atoms with Crippen LogP contribution in [0.2, 0.25) is 36.3 Å². The molecule has 2 fully saturated rings. The van der Waals surface area contributed by atoms with Crippen LogP contribution in [0, 0.1) is 11.7 Å². The van der Waals surface area contributed by atoms with Gasteiger partial charge in [-0.15, -0.1) is 0 Å². The van der Waals surface area contributed by atoms with Crippen LogP contribution in [0.4, 0.5) is 4.39 Å². The van der Waals surface area contributed by atoms with Gasteiger partial charge < -0.3 is 0 Å².